The Morgan fingerprint density at radius 3 is 3.05 bits per heavy atom. The molecule has 2 aromatic rings. The second-order valence-corrected chi connectivity index (χ2v) is 4.62. The molecule has 0 saturated heterocycles. The smallest absolute Gasteiger partial charge is 0.274 e. The van der Waals surface area contributed by atoms with Crippen LogP contribution in [-0.4, -0.2) is 31.1 Å². The molecule has 1 aliphatic rings. The molecule has 0 radical (unpaired) electrons. The molecule has 1 aliphatic heterocycles. The van der Waals surface area contributed by atoms with Crippen molar-refractivity contribution in [3.05, 3.63) is 48.3 Å². The molecule has 1 aromatic heterocycles. The molecule has 1 amide bonds. The summed E-state index contributed by atoms with van der Waals surface area (Å²) in [4.78, 5) is 18.2. The average molecular weight is 269 g/mol. The predicted molar refractivity (Wildman–Crippen MR) is 77.4 cm³/mol. The first kappa shape index (κ1) is 12.5. The molecule has 3 rings (SSSR count). The number of aromatic nitrogens is 1. The molecule has 0 fully saturated rings. The minimum atomic E-state index is -0.227. The van der Waals surface area contributed by atoms with Crippen molar-refractivity contribution in [2.45, 2.75) is 0 Å². The Kier molecular flexibility index (Phi) is 3.25. The van der Waals surface area contributed by atoms with Gasteiger partial charge in [0.05, 0.1) is 12.2 Å². The average Bonchev–Trinajstić information content (AvgIpc) is 2.48. The lowest BCUT2D eigenvalue weighted by Crippen LogP contribution is -2.28. The highest BCUT2D eigenvalue weighted by Crippen LogP contribution is 2.33. The van der Waals surface area contributed by atoms with Gasteiger partial charge in [-0.15, -0.1) is 0 Å². The second-order valence-electron chi connectivity index (χ2n) is 4.62. The van der Waals surface area contributed by atoms with Gasteiger partial charge < -0.3 is 15.0 Å². The Morgan fingerprint density at radius 1 is 1.35 bits per heavy atom. The van der Waals surface area contributed by atoms with E-state index < -0.39 is 0 Å². The monoisotopic (exact) mass is 269 g/mol. The molecule has 0 spiro atoms. The van der Waals surface area contributed by atoms with E-state index in [-0.39, 0.29) is 5.91 Å². The highest BCUT2D eigenvalue weighted by molar-refractivity contribution is 6.03. The van der Waals surface area contributed by atoms with Crippen molar-refractivity contribution >= 4 is 17.3 Å². The maximum absolute atomic E-state index is 12.0. The highest BCUT2D eigenvalue weighted by Gasteiger charge is 2.16. The van der Waals surface area contributed by atoms with E-state index in [1.54, 1.807) is 24.4 Å². The number of anilines is 2. The second kappa shape index (κ2) is 5.21. The van der Waals surface area contributed by atoms with Gasteiger partial charge in [0.15, 0.2) is 0 Å². The number of hydrogen-bond donors (Lipinski definition) is 1. The number of hydrogen-bond acceptors (Lipinski definition) is 4. The summed E-state index contributed by atoms with van der Waals surface area (Å²) in [6.07, 6.45) is 1.60. The van der Waals surface area contributed by atoms with Gasteiger partial charge in [0, 0.05) is 25.0 Å². The van der Waals surface area contributed by atoms with E-state index in [1.807, 2.05) is 25.2 Å². The van der Waals surface area contributed by atoms with Crippen molar-refractivity contribution in [1.29, 1.82) is 0 Å². The number of carbonyl (C=O) groups is 1. The van der Waals surface area contributed by atoms with Crippen LogP contribution in [0.2, 0.25) is 0 Å². The summed E-state index contributed by atoms with van der Waals surface area (Å²) in [6, 6.07) is 10.9. The maximum atomic E-state index is 12.0. The van der Waals surface area contributed by atoms with Gasteiger partial charge in [0.1, 0.15) is 18.1 Å². The summed E-state index contributed by atoms with van der Waals surface area (Å²) in [7, 11) is 2.02. The van der Waals surface area contributed by atoms with Crippen LogP contribution < -0.4 is 15.0 Å². The number of ether oxygens (including phenoxy) is 1. The molecule has 0 aliphatic carbocycles. The van der Waals surface area contributed by atoms with Crippen molar-refractivity contribution in [2.75, 3.05) is 30.4 Å². The van der Waals surface area contributed by atoms with Gasteiger partial charge in [-0.3, -0.25) is 9.78 Å². The fourth-order valence-electron chi connectivity index (χ4n) is 2.13. The summed E-state index contributed by atoms with van der Waals surface area (Å²) in [5.41, 5.74) is 2.13. The van der Waals surface area contributed by atoms with Crippen LogP contribution in [-0.2, 0) is 0 Å². The van der Waals surface area contributed by atoms with E-state index in [0.29, 0.717) is 18.0 Å². The molecule has 5 heteroatoms. The third-order valence-corrected chi connectivity index (χ3v) is 3.21. The van der Waals surface area contributed by atoms with Gasteiger partial charge in [-0.1, -0.05) is 6.07 Å². The normalized spacial score (nSPS) is 13.3. The number of benzene rings is 1. The van der Waals surface area contributed by atoms with Crippen molar-refractivity contribution in [1.82, 2.24) is 4.98 Å². The Labute approximate surface area is 117 Å². The number of carbonyl (C=O) groups excluding carboxylic acids is 1. The number of pyridine rings is 1. The molecule has 20 heavy (non-hydrogen) atoms. The number of fused-ring (bicyclic) bond motifs is 1. The van der Waals surface area contributed by atoms with Crippen LogP contribution in [0.15, 0.2) is 42.6 Å². The van der Waals surface area contributed by atoms with Crippen LogP contribution in [0.1, 0.15) is 10.5 Å². The molecule has 2 heterocycles. The Balaban J connectivity index is 1.80. The van der Waals surface area contributed by atoms with Crippen molar-refractivity contribution < 1.29 is 9.53 Å². The zero-order valence-electron chi connectivity index (χ0n) is 11.2. The molecule has 0 atom stereocenters. The minimum Gasteiger partial charge on any atom is -0.489 e. The van der Waals surface area contributed by atoms with Gasteiger partial charge in [0.25, 0.3) is 5.91 Å². The van der Waals surface area contributed by atoms with Gasteiger partial charge in [-0.25, -0.2) is 0 Å². The third kappa shape index (κ3) is 2.42. The van der Waals surface area contributed by atoms with Crippen LogP contribution in [0.4, 0.5) is 11.4 Å². The SMILES string of the molecule is CN1CCOc2cc(NC(=O)c3ccccn3)ccc21. The fourth-order valence-corrected chi connectivity index (χ4v) is 2.13. The molecule has 0 unspecified atom stereocenters. The zero-order valence-corrected chi connectivity index (χ0v) is 11.2. The maximum Gasteiger partial charge on any atom is 0.274 e. The van der Waals surface area contributed by atoms with Crippen LogP contribution in [0.25, 0.3) is 0 Å². The van der Waals surface area contributed by atoms with Crippen LogP contribution in [0.3, 0.4) is 0 Å². The van der Waals surface area contributed by atoms with Crippen molar-refractivity contribution in [3.63, 3.8) is 0 Å². The van der Waals surface area contributed by atoms with Crippen molar-refractivity contribution in [2.24, 2.45) is 0 Å². The summed E-state index contributed by atoms with van der Waals surface area (Å²) in [5.74, 6) is 0.562. The van der Waals surface area contributed by atoms with E-state index in [9.17, 15) is 4.79 Å². The quantitative estimate of drug-likeness (QED) is 0.907. The number of nitrogens with one attached hydrogen (secondary N) is 1. The summed E-state index contributed by atoms with van der Waals surface area (Å²) in [6.45, 7) is 1.52. The molecule has 5 nitrogen and oxygen atoms in total. The van der Waals surface area contributed by atoms with E-state index in [2.05, 4.69) is 15.2 Å². The van der Waals surface area contributed by atoms with E-state index in [1.165, 1.54) is 0 Å². The first-order valence-electron chi connectivity index (χ1n) is 6.44. The molecule has 0 saturated carbocycles. The lowest BCUT2D eigenvalue weighted by Gasteiger charge is -2.27. The standard InChI is InChI=1S/C15H15N3O2/c1-18-8-9-20-14-10-11(5-6-13(14)18)17-15(19)12-4-2-3-7-16-12/h2-7,10H,8-9H2,1H3,(H,17,19). The number of nitrogens with zero attached hydrogens (tertiary/aromatic N) is 2. The summed E-state index contributed by atoms with van der Waals surface area (Å²) >= 11 is 0. The molecule has 1 N–H and O–H groups in total. The lowest BCUT2D eigenvalue weighted by molar-refractivity contribution is 0.102. The molecule has 102 valence electrons. The molecule has 0 bridgehead atoms. The van der Waals surface area contributed by atoms with Gasteiger partial charge >= 0.3 is 0 Å². The Bertz CT molecular complexity index is 628. The lowest BCUT2D eigenvalue weighted by atomic mass is 10.2. The Morgan fingerprint density at radius 2 is 2.25 bits per heavy atom. The van der Waals surface area contributed by atoms with Crippen LogP contribution in [0.5, 0.6) is 5.75 Å². The first-order valence-corrected chi connectivity index (χ1v) is 6.44. The third-order valence-electron chi connectivity index (χ3n) is 3.21. The molecule has 1 aromatic carbocycles. The summed E-state index contributed by atoms with van der Waals surface area (Å²) < 4.78 is 5.61. The van der Waals surface area contributed by atoms with Crippen LogP contribution >= 0.6 is 0 Å². The van der Waals surface area contributed by atoms with Gasteiger partial charge in [0.2, 0.25) is 0 Å². The van der Waals surface area contributed by atoms with Crippen LogP contribution in [0, 0.1) is 0 Å². The molecular formula is C15H15N3O2. The van der Waals surface area contributed by atoms with E-state index >= 15 is 0 Å². The number of rotatable bonds is 2. The number of likely N-dealkylation sites (N-methyl/N-ethyl adjacent to an activating group) is 1. The fraction of sp³-hybridized carbons (Fsp3) is 0.200. The predicted octanol–water partition coefficient (Wildman–Crippen LogP) is 2.16. The minimum absolute atomic E-state index is 0.227. The van der Waals surface area contributed by atoms with Crippen molar-refractivity contribution in [3.8, 4) is 5.75 Å². The van der Waals surface area contributed by atoms with Gasteiger partial charge in [-0.05, 0) is 24.3 Å². The first-order chi connectivity index (χ1) is 9.74. The van der Waals surface area contributed by atoms with Gasteiger partial charge in [-0.2, -0.15) is 0 Å². The largest absolute Gasteiger partial charge is 0.489 e. The molecular weight excluding hydrogens is 254 g/mol. The summed E-state index contributed by atoms with van der Waals surface area (Å²) in [5, 5.41) is 2.82. The topological polar surface area (TPSA) is 54.5 Å². The number of amides is 1. The Hall–Kier alpha value is -2.56. The van der Waals surface area contributed by atoms with E-state index in [4.69, 9.17) is 4.74 Å². The highest BCUT2D eigenvalue weighted by atomic mass is 16.5. The van der Waals surface area contributed by atoms with E-state index in [0.717, 1.165) is 18.0 Å². The zero-order chi connectivity index (χ0) is 13.9.